The molecule has 1 saturated heterocycles. The lowest BCUT2D eigenvalue weighted by molar-refractivity contribution is -0.130. The van der Waals surface area contributed by atoms with E-state index in [1.807, 2.05) is 37.3 Å². The summed E-state index contributed by atoms with van der Waals surface area (Å²) in [4.78, 5) is 44.7. The first-order valence-electron chi connectivity index (χ1n) is 9.32. The SMILES string of the molecule is CC1CN(C(=O)c2ccccc2)CCN1C(=O)C(=O)c1cccc2cc[nH]c12. The average Bonchev–Trinajstić information content (AvgIpc) is 3.21. The van der Waals surface area contributed by atoms with Gasteiger partial charge in [-0.3, -0.25) is 14.4 Å². The van der Waals surface area contributed by atoms with Crippen molar-refractivity contribution in [1.82, 2.24) is 14.8 Å². The highest BCUT2D eigenvalue weighted by Gasteiger charge is 2.34. The highest BCUT2D eigenvalue weighted by molar-refractivity contribution is 6.44. The highest BCUT2D eigenvalue weighted by atomic mass is 16.2. The number of carbonyl (C=O) groups excluding carboxylic acids is 3. The zero-order valence-corrected chi connectivity index (χ0v) is 15.6. The Morgan fingerprint density at radius 2 is 1.75 bits per heavy atom. The van der Waals surface area contributed by atoms with Gasteiger partial charge in [-0.25, -0.2) is 0 Å². The maximum Gasteiger partial charge on any atom is 0.295 e. The molecule has 0 radical (unpaired) electrons. The molecule has 1 aromatic heterocycles. The lowest BCUT2D eigenvalue weighted by atomic mass is 10.0. The molecule has 3 aromatic rings. The number of aromatic nitrogens is 1. The van der Waals surface area contributed by atoms with Crippen LogP contribution in [0.25, 0.3) is 10.9 Å². The Balaban J connectivity index is 1.48. The Morgan fingerprint density at radius 3 is 2.50 bits per heavy atom. The second-order valence-corrected chi connectivity index (χ2v) is 7.04. The van der Waals surface area contributed by atoms with E-state index < -0.39 is 11.7 Å². The zero-order valence-electron chi connectivity index (χ0n) is 15.6. The number of ketones is 1. The van der Waals surface area contributed by atoms with E-state index in [9.17, 15) is 14.4 Å². The van der Waals surface area contributed by atoms with Gasteiger partial charge in [0, 0.05) is 42.8 Å². The molecule has 2 amide bonds. The molecule has 1 fully saturated rings. The van der Waals surface area contributed by atoms with Gasteiger partial charge in [0.2, 0.25) is 0 Å². The predicted octanol–water partition coefficient (Wildman–Crippen LogP) is 2.72. The Bertz CT molecular complexity index is 1040. The second kappa shape index (κ2) is 7.31. The minimum Gasteiger partial charge on any atom is -0.361 e. The average molecular weight is 375 g/mol. The van der Waals surface area contributed by atoms with Crippen LogP contribution in [0.4, 0.5) is 0 Å². The van der Waals surface area contributed by atoms with Crippen LogP contribution in [0.2, 0.25) is 0 Å². The van der Waals surface area contributed by atoms with Gasteiger partial charge < -0.3 is 14.8 Å². The maximum absolute atomic E-state index is 12.9. The van der Waals surface area contributed by atoms with Crippen LogP contribution in [-0.2, 0) is 4.79 Å². The Kier molecular flexibility index (Phi) is 4.69. The summed E-state index contributed by atoms with van der Waals surface area (Å²) in [5.74, 6) is -1.11. The van der Waals surface area contributed by atoms with E-state index in [2.05, 4.69) is 4.98 Å². The number of carbonyl (C=O) groups is 3. The Labute approximate surface area is 162 Å². The van der Waals surface area contributed by atoms with E-state index in [4.69, 9.17) is 0 Å². The molecule has 1 unspecified atom stereocenters. The van der Waals surface area contributed by atoms with Crippen molar-refractivity contribution in [2.24, 2.45) is 0 Å². The summed E-state index contributed by atoms with van der Waals surface area (Å²) in [5, 5.41) is 0.893. The van der Waals surface area contributed by atoms with Crippen molar-refractivity contribution >= 4 is 28.5 Å². The molecule has 0 bridgehead atoms. The quantitative estimate of drug-likeness (QED) is 0.565. The molecule has 2 heterocycles. The number of piperazine rings is 1. The molecule has 142 valence electrons. The normalized spacial score (nSPS) is 17.0. The number of amides is 2. The molecule has 0 saturated carbocycles. The number of aromatic amines is 1. The number of fused-ring (bicyclic) bond motifs is 1. The molecule has 0 spiro atoms. The smallest absolute Gasteiger partial charge is 0.295 e. The van der Waals surface area contributed by atoms with Crippen LogP contribution in [0.3, 0.4) is 0 Å². The first kappa shape index (κ1) is 18.0. The van der Waals surface area contributed by atoms with Gasteiger partial charge in [-0.1, -0.05) is 30.3 Å². The van der Waals surface area contributed by atoms with Gasteiger partial charge in [0.05, 0.1) is 11.1 Å². The van der Waals surface area contributed by atoms with E-state index >= 15 is 0 Å². The van der Waals surface area contributed by atoms with E-state index in [0.29, 0.717) is 36.3 Å². The largest absolute Gasteiger partial charge is 0.361 e. The van der Waals surface area contributed by atoms with Gasteiger partial charge in [0.15, 0.2) is 0 Å². The van der Waals surface area contributed by atoms with E-state index in [0.717, 1.165) is 5.39 Å². The van der Waals surface area contributed by atoms with Crippen molar-refractivity contribution in [3.05, 3.63) is 71.9 Å². The van der Waals surface area contributed by atoms with Gasteiger partial charge in [0.1, 0.15) is 0 Å². The molecule has 4 rings (SSSR count). The third-order valence-electron chi connectivity index (χ3n) is 5.22. The van der Waals surface area contributed by atoms with Gasteiger partial charge in [-0.05, 0) is 31.2 Å². The Morgan fingerprint density at radius 1 is 0.964 bits per heavy atom. The van der Waals surface area contributed by atoms with Crippen molar-refractivity contribution < 1.29 is 14.4 Å². The lowest BCUT2D eigenvalue weighted by Crippen LogP contribution is -2.56. The van der Waals surface area contributed by atoms with Crippen LogP contribution < -0.4 is 0 Å². The zero-order chi connectivity index (χ0) is 19.7. The van der Waals surface area contributed by atoms with Crippen LogP contribution in [0.1, 0.15) is 27.6 Å². The van der Waals surface area contributed by atoms with Gasteiger partial charge in [-0.15, -0.1) is 0 Å². The molecular formula is C22H21N3O3. The van der Waals surface area contributed by atoms with Crippen molar-refractivity contribution in [3.8, 4) is 0 Å². The van der Waals surface area contributed by atoms with Crippen LogP contribution in [-0.4, -0.2) is 58.1 Å². The van der Waals surface area contributed by atoms with Crippen LogP contribution in [0, 0.1) is 0 Å². The molecule has 2 aromatic carbocycles. The standard InChI is InChI=1S/C22H21N3O3/c1-15-14-24(21(27)17-6-3-2-4-7-17)12-13-25(15)22(28)20(26)18-9-5-8-16-10-11-23-19(16)18/h2-11,15,23H,12-14H2,1H3. The van der Waals surface area contributed by atoms with Crippen molar-refractivity contribution in [2.45, 2.75) is 13.0 Å². The van der Waals surface area contributed by atoms with E-state index in [1.165, 1.54) is 0 Å². The summed E-state index contributed by atoms with van der Waals surface area (Å²) < 4.78 is 0. The predicted molar refractivity (Wildman–Crippen MR) is 106 cm³/mol. The number of hydrogen-bond acceptors (Lipinski definition) is 3. The number of Topliss-reactive ketones (excluding diaryl/α,β-unsaturated/α-hetero) is 1. The monoisotopic (exact) mass is 375 g/mol. The summed E-state index contributed by atoms with van der Waals surface area (Å²) >= 11 is 0. The molecule has 1 atom stereocenters. The fraction of sp³-hybridized carbons (Fsp3) is 0.227. The van der Waals surface area contributed by atoms with E-state index in [1.54, 1.807) is 40.3 Å². The molecule has 28 heavy (non-hydrogen) atoms. The number of rotatable bonds is 3. The first-order valence-corrected chi connectivity index (χ1v) is 9.32. The number of hydrogen-bond donors (Lipinski definition) is 1. The molecule has 6 nitrogen and oxygen atoms in total. The number of nitrogens with one attached hydrogen (secondary N) is 1. The molecular weight excluding hydrogens is 354 g/mol. The summed E-state index contributed by atoms with van der Waals surface area (Å²) in [6.07, 6.45) is 1.75. The summed E-state index contributed by atoms with van der Waals surface area (Å²) in [6, 6.07) is 16.1. The lowest BCUT2D eigenvalue weighted by Gasteiger charge is -2.39. The fourth-order valence-corrected chi connectivity index (χ4v) is 3.73. The number of nitrogens with zero attached hydrogens (tertiary/aromatic N) is 2. The maximum atomic E-state index is 12.9. The number of para-hydroxylation sites is 1. The summed E-state index contributed by atoms with van der Waals surface area (Å²) in [6.45, 7) is 3.01. The number of benzene rings is 2. The van der Waals surface area contributed by atoms with Gasteiger partial charge in [0.25, 0.3) is 17.6 Å². The summed E-state index contributed by atoms with van der Waals surface area (Å²) in [7, 11) is 0. The first-order chi connectivity index (χ1) is 13.6. The minimum absolute atomic E-state index is 0.0537. The second-order valence-electron chi connectivity index (χ2n) is 7.04. The van der Waals surface area contributed by atoms with Crippen molar-refractivity contribution in [2.75, 3.05) is 19.6 Å². The van der Waals surface area contributed by atoms with Gasteiger partial charge in [-0.2, -0.15) is 0 Å². The third-order valence-corrected chi connectivity index (χ3v) is 5.22. The fourth-order valence-electron chi connectivity index (χ4n) is 3.73. The van der Waals surface area contributed by atoms with Gasteiger partial charge >= 0.3 is 0 Å². The molecule has 1 aliphatic rings. The van der Waals surface area contributed by atoms with Crippen molar-refractivity contribution in [3.63, 3.8) is 0 Å². The molecule has 1 aliphatic heterocycles. The summed E-state index contributed by atoms with van der Waals surface area (Å²) in [5.41, 5.74) is 1.68. The molecule has 0 aliphatic carbocycles. The highest BCUT2D eigenvalue weighted by Crippen LogP contribution is 2.20. The van der Waals surface area contributed by atoms with Crippen LogP contribution in [0.5, 0.6) is 0 Å². The van der Waals surface area contributed by atoms with Crippen LogP contribution >= 0.6 is 0 Å². The van der Waals surface area contributed by atoms with Crippen LogP contribution in [0.15, 0.2) is 60.8 Å². The van der Waals surface area contributed by atoms with Crippen molar-refractivity contribution in [1.29, 1.82) is 0 Å². The number of H-pyrrole nitrogens is 1. The Hall–Kier alpha value is -3.41. The molecule has 1 N–H and O–H groups in total. The minimum atomic E-state index is -0.526. The van der Waals surface area contributed by atoms with E-state index in [-0.39, 0.29) is 11.9 Å². The third kappa shape index (κ3) is 3.17. The molecule has 6 heteroatoms. The topological polar surface area (TPSA) is 73.5 Å².